The Balaban J connectivity index is 1.43. The molecule has 9 nitrogen and oxygen atoms in total. The van der Waals surface area contributed by atoms with E-state index >= 15 is 0 Å². The molecule has 2 aromatic rings. The molecular formula is C21H25N3O6S. The molecule has 1 aromatic heterocycles. The highest BCUT2D eigenvalue weighted by molar-refractivity contribution is 7.89. The zero-order valence-electron chi connectivity index (χ0n) is 17.3. The highest BCUT2D eigenvalue weighted by Crippen LogP contribution is 2.28. The van der Waals surface area contributed by atoms with Crippen molar-refractivity contribution in [1.82, 2.24) is 14.1 Å². The maximum absolute atomic E-state index is 13.2. The summed E-state index contributed by atoms with van der Waals surface area (Å²) in [5.41, 5.74) is 0. The number of nitrogens with zero attached hydrogens (tertiary/aromatic N) is 3. The highest BCUT2D eigenvalue weighted by Gasteiger charge is 2.42. The molecule has 2 saturated heterocycles. The Morgan fingerprint density at radius 1 is 1.00 bits per heavy atom. The standard InChI is InChI=1S/C21H25N3O6S/c1-29-16-6-8-17(9-7-16)31(27,28)24-10-2-4-18(24)20(25)22-11-13-23(14-12-22)21(26)19-5-3-15-30-19/h3,5-9,15,18H,2,4,10-14H2,1H3/t18-/m1/s1. The van der Waals surface area contributed by atoms with Gasteiger partial charge in [-0.25, -0.2) is 8.42 Å². The first-order chi connectivity index (χ1) is 14.9. The van der Waals surface area contributed by atoms with Gasteiger partial charge >= 0.3 is 0 Å². The van der Waals surface area contributed by atoms with Gasteiger partial charge in [-0.15, -0.1) is 0 Å². The van der Waals surface area contributed by atoms with Gasteiger partial charge in [0.15, 0.2) is 5.76 Å². The van der Waals surface area contributed by atoms with Gasteiger partial charge < -0.3 is 19.0 Å². The minimum absolute atomic E-state index is 0.141. The van der Waals surface area contributed by atoms with E-state index in [1.165, 1.54) is 29.8 Å². The summed E-state index contributed by atoms with van der Waals surface area (Å²) in [5.74, 6) is 0.420. The van der Waals surface area contributed by atoms with E-state index in [4.69, 9.17) is 9.15 Å². The van der Waals surface area contributed by atoms with Crippen molar-refractivity contribution in [1.29, 1.82) is 0 Å². The van der Waals surface area contributed by atoms with Gasteiger partial charge in [0.25, 0.3) is 5.91 Å². The number of carbonyl (C=O) groups excluding carboxylic acids is 2. The molecule has 2 fully saturated rings. The van der Waals surface area contributed by atoms with Gasteiger partial charge in [-0.05, 0) is 49.2 Å². The van der Waals surface area contributed by atoms with Crippen LogP contribution in [0.1, 0.15) is 23.4 Å². The predicted octanol–water partition coefficient (Wildman–Crippen LogP) is 1.43. The normalized spacial score (nSPS) is 20.1. The van der Waals surface area contributed by atoms with E-state index in [0.717, 1.165) is 0 Å². The molecule has 0 aliphatic carbocycles. The average molecular weight is 448 g/mol. The van der Waals surface area contributed by atoms with Crippen LogP contribution in [-0.2, 0) is 14.8 Å². The summed E-state index contributed by atoms with van der Waals surface area (Å²) in [7, 11) is -2.28. The molecule has 4 rings (SSSR count). The topological polar surface area (TPSA) is 100 Å². The Hall–Kier alpha value is -2.85. The lowest BCUT2D eigenvalue weighted by Gasteiger charge is -2.36. The lowest BCUT2D eigenvalue weighted by molar-refractivity contribution is -0.136. The quantitative estimate of drug-likeness (QED) is 0.687. The molecule has 0 spiro atoms. The van der Waals surface area contributed by atoms with Crippen molar-refractivity contribution in [2.45, 2.75) is 23.8 Å². The second-order valence-corrected chi connectivity index (χ2v) is 9.43. The molecule has 0 saturated carbocycles. The summed E-state index contributed by atoms with van der Waals surface area (Å²) in [6.07, 6.45) is 2.56. The fraction of sp³-hybridized carbons (Fsp3) is 0.429. The van der Waals surface area contributed by atoms with E-state index < -0.39 is 16.1 Å². The van der Waals surface area contributed by atoms with Crippen LogP contribution in [0.15, 0.2) is 52.0 Å². The van der Waals surface area contributed by atoms with Gasteiger partial charge in [0, 0.05) is 32.7 Å². The average Bonchev–Trinajstić information content (AvgIpc) is 3.51. The monoisotopic (exact) mass is 447 g/mol. The number of amides is 2. The number of sulfonamides is 1. The van der Waals surface area contributed by atoms with E-state index in [0.29, 0.717) is 51.3 Å². The number of carbonyl (C=O) groups is 2. The van der Waals surface area contributed by atoms with Crippen molar-refractivity contribution in [3.63, 3.8) is 0 Å². The molecule has 2 aliphatic heterocycles. The maximum atomic E-state index is 13.2. The fourth-order valence-corrected chi connectivity index (χ4v) is 5.71. The number of ether oxygens (including phenoxy) is 1. The van der Waals surface area contributed by atoms with Crippen LogP contribution in [0.5, 0.6) is 5.75 Å². The highest BCUT2D eigenvalue weighted by atomic mass is 32.2. The van der Waals surface area contributed by atoms with Crippen LogP contribution < -0.4 is 4.74 Å². The molecular weight excluding hydrogens is 422 g/mol. The first-order valence-electron chi connectivity index (χ1n) is 10.2. The zero-order chi connectivity index (χ0) is 22.0. The van der Waals surface area contributed by atoms with Crippen LogP contribution in [-0.4, -0.2) is 80.2 Å². The van der Waals surface area contributed by atoms with E-state index in [-0.39, 0.29) is 22.5 Å². The van der Waals surface area contributed by atoms with E-state index in [1.807, 2.05) is 0 Å². The lowest BCUT2D eigenvalue weighted by atomic mass is 10.2. The molecule has 10 heteroatoms. The zero-order valence-corrected chi connectivity index (χ0v) is 18.1. The van der Waals surface area contributed by atoms with Crippen molar-refractivity contribution < 1.29 is 27.2 Å². The molecule has 0 unspecified atom stereocenters. The Labute approximate surface area is 181 Å². The molecule has 166 valence electrons. The molecule has 1 atom stereocenters. The van der Waals surface area contributed by atoms with E-state index in [2.05, 4.69) is 0 Å². The summed E-state index contributed by atoms with van der Waals surface area (Å²) in [6, 6.07) is 8.72. The van der Waals surface area contributed by atoms with Gasteiger partial charge in [0.2, 0.25) is 15.9 Å². The number of methoxy groups -OCH3 is 1. The smallest absolute Gasteiger partial charge is 0.289 e. The van der Waals surface area contributed by atoms with Crippen LogP contribution >= 0.6 is 0 Å². The number of piperazine rings is 1. The SMILES string of the molecule is COc1ccc(S(=O)(=O)N2CCC[C@@H]2C(=O)N2CCN(C(=O)c3ccco3)CC2)cc1. The second-order valence-electron chi connectivity index (χ2n) is 7.54. The van der Waals surface area contributed by atoms with Crippen molar-refractivity contribution in [2.75, 3.05) is 39.8 Å². The first kappa shape index (κ1) is 21.4. The van der Waals surface area contributed by atoms with E-state index in [1.54, 1.807) is 34.1 Å². The molecule has 0 radical (unpaired) electrons. The molecule has 2 amide bonds. The minimum atomic E-state index is -3.80. The third-order valence-corrected chi connectivity index (χ3v) is 7.69. The number of hydrogen-bond donors (Lipinski definition) is 0. The summed E-state index contributed by atoms with van der Waals surface area (Å²) < 4.78 is 37.9. The van der Waals surface area contributed by atoms with Crippen molar-refractivity contribution in [3.05, 3.63) is 48.4 Å². The Morgan fingerprint density at radius 3 is 2.29 bits per heavy atom. The number of rotatable bonds is 5. The molecule has 31 heavy (non-hydrogen) atoms. The van der Waals surface area contributed by atoms with Gasteiger partial charge in [0.05, 0.1) is 18.3 Å². The first-order valence-corrected chi connectivity index (χ1v) is 11.6. The Morgan fingerprint density at radius 2 is 1.68 bits per heavy atom. The summed E-state index contributed by atoms with van der Waals surface area (Å²) in [4.78, 5) is 29.0. The summed E-state index contributed by atoms with van der Waals surface area (Å²) >= 11 is 0. The second kappa shape index (κ2) is 8.72. The van der Waals surface area contributed by atoms with Crippen LogP contribution in [0, 0.1) is 0 Å². The number of furan rings is 1. The maximum Gasteiger partial charge on any atom is 0.289 e. The van der Waals surface area contributed by atoms with Gasteiger partial charge in [-0.2, -0.15) is 4.31 Å². The molecule has 1 aromatic carbocycles. The lowest BCUT2D eigenvalue weighted by Crippen LogP contribution is -2.55. The third-order valence-electron chi connectivity index (χ3n) is 5.77. The minimum Gasteiger partial charge on any atom is -0.497 e. The van der Waals surface area contributed by atoms with Gasteiger partial charge in [-0.3, -0.25) is 9.59 Å². The molecule has 0 N–H and O–H groups in total. The Kier molecular flexibility index (Phi) is 6.01. The summed E-state index contributed by atoms with van der Waals surface area (Å²) in [5, 5.41) is 0. The van der Waals surface area contributed by atoms with Crippen molar-refractivity contribution in [3.8, 4) is 5.75 Å². The van der Waals surface area contributed by atoms with Crippen molar-refractivity contribution >= 4 is 21.8 Å². The van der Waals surface area contributed by atoms with Gasteiger partial charge in [0.1, 0.15) is 11.8 Å². The van der Waals surface area contributed by atoms with Crippen molar-refractivity contribution in [2.24, 2.45) is 0 Å². The predicted molar refractivity (Wildman–Crippen MR) is 111 cm³/mol. The van der Waals surface area contributed by atoms with Gasteiger partial charge in [-0.1, -0.05) is 0 Å². The molecule has 0 bridgehead atoms. The number of hydrogen-bond acceptors (Lipinski definition) is 6. The fourth-order valence-electron chi connectivity index (χ4n) is 4.05. The number of benzene rings is 1. The summed E-state index contributed by atoms with van der Waals surface area (Å²) in [6.45, 7) is 1.78. The molecule has 3 heterocycles. The van der Waals surface area contributed by atoms with E-state index in [9.17, 15) is 18.0 Å². The van der Waals surface area contributed by atoms with Crippen LogP contribution in [0.2, 0.25) is 0 Å². The largest absolute Gasteiger partial charge is 0.497 e. The Bertz CT molecular complexity index is 1030. The van der Waals surface area contributed by atoms with Crippen LogP contribution in [0.25, 0.3) is 0 Å². The third kappa shape index (κ3) is 4.17. The van der Waals surface area contributed by atoms with Crippen LogP contribution in [0.4, 0.5) is 0 Å². The van der Waals surface area contributed by atoms with Crippen LogP contribution in [0.3, 0.4) is 0 Å². The molecule has 2 aliphatic rings.